The summed E-state index contributed by atoms with van der Waals surface area (Å²) in [6, 6.07) is -0.884. The zero-order valence-electron chi connectivity index (χ0n) is 48.3. The van der Waals surface area contributed by atoms with E-state index >= 15 is 0 Å². The molecule has 0 spiro atoms. The lowest BCUT2D eigenvalue weighted by Crippen LogP contribution is -2.66. The molecule has 80 heavy (non-hydrogen) atoms. The SMILES string of the molecule is CC/C=C\C/C=C\C/C=C\C/C=C\C/C=C\CCCCCCCCCCCCCCCCCC(=O)NC(COC1OC(CO)C(OC2OC(CO)C(OC3OC(CO)C(O)C(O)C3O)C(O)C2O)C(O)C1O)C(O)CCCCCC. The van der Waals surface area contributed by atoms with Gasteiger partial charge >= 0.3 is 0 Å². The van der Waals surface area contributed by atoms with Crippen molar-refractivity contribution in [2.75, 3.05) is 26.4 Å². The molecule has 3 aliphatic rings. The van der Waals surface area contributed by atoms with Crippen molar-refractivity contribution in [3.05, 3.63) is 60.8 Å². The highest BCUT2D eigenvalue weighted by atomic mass is 16.8. The standard InChI is InChI=1S/C61H107NO18/c1-3-5-7-9-10-11-12-13-14-15-16-17-18-19-20-21-22-23-24-25-26-27-28-29-30-31-32-33-34-35-37-39-49(67)62-44(45(66)38-36-8-6-4-2)43-75-59-55(73)52(70)57(47(41-64)77-59)80-61-56(74)53(71)58(48(42-65)78-61)79-60-54(72)51(69)50(68)46(40-63)76-60/h5,7,10-11,13-14,16-17,19-20,44-48,50-61,63-66,68-74H,3-4,6,8-9,12,15,18,21-43H2,1-2H3,(H,62,67)/b7-5-,11-10-,14-13-,17-16-,20-19-. The summed E-state index contributed by atoms with van der Waals surface area (Å²) in [5.74, 6) is -0.255. The third-order valence-electron chi connectivity index (χ3n) is 15.1. The molecule has 19 nitrogen and oxygen atoms in total. The molecule has 0 aromatic carbocycles. The topological polar surface area (TPSA) is 307 Å². The van der Waals surface area contributed by atoms with Crippen LogP contribution in [0.4, 0.5) is 0 Å². The van der Waals surface area contributed by atoms with Crippen molar-refractivity contribution >= 4 is 5.91 Å². The Balaban J connectivity index is 1.30. The van der Waals surface area contributed by atoms with Crippen LogP contribution in [0.3, 0.4) is 0 Å². The lowest BCUT2D eigenvalue weighted by atomic mass is 9.96. The van der Waals surface area contributed by atoms with Crippen LogP contribution in [-0.2, 0) is 33.2 Å². The molecule has 0 saturated carbocycles. The van der Waals surface area contributed by atoms with Gasteiger partial charge in [0.1, 0.15) is 73.2 Å². The van der Waals surface area contributed by atoms with Crippen LogP contribution in [0.25, 0.3) is 0 Å². The Morgan fingerprint density at radius 2 is 0.863 bits per heavy atom. The Morgan fingerprint density at radius 1 is 0.463 bits per heavy atom. The summed E-state index contributed by atoms with van der Waals surface area (Å²) in [6.07, 6.45) is 24.2. The molecule has 0 aromatic heterocycles. The maximum Gasteiger partial charge on any atom is 0.220 e. The highest BCUT2D eigenvalue weighted by molar-refractivity contribution is 5.76. The normalized spacial score (nSPS) is 30.4. The molecule has 0 aliphatic carbocycles. The van der Waals surface area contributed by atoms with Crippen LogP contribution < -0.4 is 5.32 Å². The molecule has 1 amide bonds. The highest BCUT2D eigenvalue weighted by Gasteiger charge is 2.53. The van der Waals surface area contributed by atoms with Gasteiger partial charge in [0, 0.05) is 6.42 Å². The highest BCUT2D eigenvalue weighted by Crippen LogP contribution is 2.33. The van der Waals surface area contributed by atoms with E-state index < -0.39 is 124 Å². The van der Waals surface area contributed by atoms with Gasteiger partial charge in [0.05, 0.1) is 38.6 Å². The second-order valence-corrected chi connectivity index (χ2v) is 21.8. The van der Waals surface area contributed by atoms with Crippen molar-refractivity contribution < 1.29 is 89.4 Å². The number of aliphatic hydroxyl groups excluding tert-OH is 11. The third kappa shape index (κ3) is 27.5. The summed E-state index contributed by atoms with van der Waals surface area (Å²) in [4.78, 5) is 13.2. The fraction of sp³-hybridized carbons (Fsp3) is 0.820. The van der Waals surface area contributed by atoms with E-state index in [1.54, 1.807) is 0 Å². The molecule has 19 heteroatoms. The van der Waals surface area contributed by atoms with Crippen molar-refractivity contribution in [1.29, 1.82) is 0 Å². The Morgan fingerprint density at radius 3 is 1.34 bits per heavy atom. The van der Waals surface area contributed by atoms with E-state index in [0.29, 0.717) is 19.3 Å². The number of hydrogen-bond donors (Lipinski definition) is 12. The summed E-state index contributed by atoms with van der Waals surface area (Å²) in [6.45, 7) is 1.52. The first-order valence-electron chi connectivity index (χ1n) is 30.5. The summed E-state index contributed by atoms with van der Waals surface area (Å²) >= 11 is 0. The maximum absolute atomic E-state index is 13.2. The molecular formula is C61H107NO18. The first-order chi connectivity index (χ1) is 38.8. The molecule has 3 saturated heterocycles. The van der Waals surface area contributed by atoms with E-state index in [1.807, 2.05) is 0 Å². The van der Waals surface area contributed by atoms with Gasteiger partial charge in [-0.1, -0.05) is 184 Å². The second kappa shape index (κ2) is 44.0. The molecule has 0 radical (unpaired) electrons. The van der Waals surface area contributed by atoms with E-state index in [4.69, 9.17) is 28.4 Å². The Kier molecular flexibility index (Phi) is 39.5. The number of carbonyl (C=O) groups is 1. The van der Waals surface area contributed by atoms with Crippen LogP contribution in [0, 0.1) is 0 Å². The molecule has 17 atom stereocenters. The summed E-state index contributed by atoms with van der Waals surface area (Å²) in [7, 11) is 0. The molecule has 17 unspecified atom stereocenters. The molecule has 0 bridgehead atoms. The number of hydrogen-bond acceptors (Lipinski definition) is 18. The van der Waals surface area contributed by atoms with E-state index in [9.17, 15) is 61.0 Å². The van der Waals surface area contributed by atoms with Gasteiger partial charge in [-0.15, -0.1) is 0 Å². The Hall–Kier alpha value is -2.51. The third-order valence-corrected chi connectivity index (χ3v) is 15.1. The molecule has 3 aliphatic heterocycles. The van der Waals surface area contributed by atoms with Gasteiger partial charge in [-0.25, -0.2) is 0 Å². The smallest absolute Gasteiger partial charge is 0.220 e. The molecule has 3 heterocycles. The van der Waals surface area contributed by atoms with E-state index in [1.165, 1.54) is 77.0 Å². The minimum Gasteiger partial charge on any atom is -0.394 e. The second-order valence-electron chi connectivity index (χ2n) is 21.8. The number of carbonyl (C=O) groups excluding carboxylic acids is 1. The first kappa shape index (κ1) is 71.8. The number of allylic oxidation sites excluding steroid dienone is 10. The van der Waals surface area contributed by atoms with Gasteiger partial charge in [-0.2, -0.15) is 0 Å². The maximum atomic E-state index is 13.2. The number of ether oxygens (including phenoxy) is 6. The number of aliphatic hydroxyl groups is 11. The molecular weight excluding hydrogens is 1030 g/mol. The van der Waals surface area contributed by atoms with Crippen LogP contribution in [0.2, 0.25) is 0 Å². The average molecular weight is 1140 g/mol. The fourth-order valence-corrected chi connectivity index (χ4v) is 10.1. The average Bonchev–Trinajstić information content (AvgIpc) is 3.58. The number of amides is 1. The predicted molar refractivity (Wildman–Crippen MR) is 305 cm³/mol. The zero-order chi connectivity index (χ0) is 58.3. The fourth-order valence-electron chi connectivity index (χ4n) is 10.1. The van der Waals surface area contributed by atoms with Gasteiger partial charge in [0.15, 0.2) is 18.9 Å². The van der Waals surface area contributed by atoms with Gasteiger partial charge in [0.25, 0.3) is 0 Å². The summed E-state index contributed by atoms with van der Waals surface area (Å²) in [5.41, 5.74) is 0. The van der Waals surface area contributed by atoms with Gasteiger partial charge < -0.3 is 89.9 Å². The van der Waals surface area contributed by atoms with Crippen LogP contribution in [-0.4, -0.2) is 193 Å². The molecule has 12 N–H and O–H groups in total. The van der Waals surface area contributed by atoms with Gasteiger partial charge in [0.2, 0.25) is 5.91 Å². The number of nitrogens with one attached hydrogen (secondary N) is 1. The Bertz CT molecular complexity index is 1700. The summed E-state index contributed by atoms with van der Waals surface area (Å²) < 4.78 is 34.1. The van der Waals surface area contributed by atoms with Crippen molar-refractivity contribution in [3.63, 3.8) is 0 Å². The van der Waals surface area contributed by atoms with Crippen LogP contribution in [0.15, 0.2) is 60.8 Å². The van der Waals surface area contributed by atoms with Crippen molar-refractivity contribution in [2.45, 2.75) is 291 Å². The quantitative estimate of drug-likeness (QED) is 0.0259. The lowest BCUT2D eigenvalue weighted by molar-refractivity contribution is -0.379. The lowest BCUT2D eigenvalue weighted by Gasteiger charge is -2.48. The predicted octanol–water partition coefficient (Wildman–Crippen LogP) is 5.65. The monoisotopic (exact) mass is 1140 g/mol. The zero-order valence-corrected chi connectivity index (χ0v) is 48.3. The van der Waals surface area contributed by atoms with Crippen LogP contribution in [0.5, 0.6) is 0 Å². The number of unbranched alkanes of at least 4 members (excludes halogenated alkanes) is 18. The van der Waals surface area contributed by atoms with Crippen molar-refractivity contribution in [2.24, 2.45) is 0 Å². The molecule has 0 aromatic rings. The van der Waals surface area contributed by atoms with E-state index in [-0.39, 0.29) is 18.9 Å². The number of rotatable bonds is 44. The molecule has 464 valence electrons. The van der Waals surface area contributed by atoms with Crippen LogP contribution >= 0.6 is 0 Å². The van der Waals surface area contributed by atoms with E-state index in [0.717, 1.165) is 70.6 Å². The van der Waals surface area contributed by atoms with Crippen molar-refractivity contribution in [1.82, 2.24) is 5.32 Å². The first-order valence-corrected chi connectivity index (χ1v) is 30.5. The van der Waals surface area contributed by atoms with E-state index in [2.05, 4.69) is 79.9 Å². The summed E-state index contributed by atoms with van der Waals surface area (Å²) in [5, 5.41) is 119. The van der Waals surface area contributed by atoms with Gasteiger partial charge in [-0.3, -0.25) is 4.79 Å². The molecule has 3 fully saturated rings. The van der Waals surface area contributed by atoms with Gasteiger partial charge in [-0.05, 0) is 57.8 Å². The minimum absolute atomic E-state index is 0.255. The molecule has 3 rings (SSSR count). The minimum atomic E-state index is -1.97. The van der Waals surface area contributed by atoms with Crippen molar-refractivity contribution in [3.8, 4) is 0 Å². The Labute approximate surface area is 477 Å². The largest absolute Gasteiger partial charge is 0.394 e. The van der Waals surface area contributed by atoms with Crippen LogP contribution in [0.1, 0.15) is 187 Å².